The predicted molar refractivity (Wildman–Crippen MR) is 192 cm³/mol. The van der Waals surface area contributed by atoms with Gasteiger partial charge in [0.05, 0.1) is 35.5 Å². The fraction of sp³-hybridized carbons (Fsp3) is 0.400. The Kier molecular flexibility index (Phi) is 12.1. The van der Waals surface area contributed by atoms with Gasteiger partial charge in [-0.25, -0.2) is 4.39 Å². The Morgan fingerprint density at radius 3 is 2.00 bits per heavy atom. The number of hydrogen-bond acceptors (Lipinski definition) is 6. The van der Waals surface area contributed by atoms with Crippen molar-refractivity contribution in [3.05, 3.63) is 94.8 Å². The van der Waals surface area contributed by atoms with Gasteiger partial charge in [0, 0.05) is 26.1 Å². The summed E-state index contributed by atoms with van der Waals surface area (Å²) < 4.78 is 31.6. The highest BCUT2D eigenvalue weighted by molar-refractivity contribution is 6.01. The maximum Gasteiger partial charge on any atom is 0.303 e. The minimum Gasteiger partial charge on any atom is -0.493 e. The molecule has 5 rings (SSSR count). The number of morpholine rings is 1. The molecule has 3 N–H and O–H groups in total. The van der Waals surface area contributed by atoms with E-state index >= 15 is 0 Å². The molecular weight excluding hydrogens is 623 g/mol. The number of primary amides is 1. The molecule has 0 spiro atoms. The number of carboxylic acids is 1. The number of nitrogens with two attached hydrogens (primary N) is 1. The lowest BCUT2D eigenvalue weighted by molar-refractivity contribution is -0.182. The average Bonchev–Trinajstić information content (AvgIpc) is 2.99. The Labute approximate surface area is 289 Å². The highest BCUT2D eigenvalue weighted by Gasteiger charge is 2.38. The number of aryl methyl sites for hydroxylation is 2. The van der Waals surface area contributed by atoms with E-state index in [-0.39, 0.29) is 23.2 Å². The molecule has 1 aliphatic rings. The molecule has 0 aliphatic carbocycles. The summed E-state index contributed by atoms with van der Waals surface area (Å²) in [6, 6.07) is 21.0. The van der Waals surface area contributed by atoms with E-state index in [0.717, 1.165) is 64.2 Å². The fourth-order valence-corrected chi connectivity index (χ4v) is 6.85. The number of aliphatic carboxylic acids is 1. The first kappa shape index (κ1) is 37.4. The minimum absolute atomic E-state index is 0.0208. The van der Waals surface area contributed by atoms with Gasteiger partial charge in [-0.3, -0.25) is 14.5 Å². The first-order valence-electron chi connectivity index (χ1n) is 16.8. The maximum absolute atomic E-state index is 12.8. The van der Waals surface area contributed by atoms with Gasteiger partial charge >= 0.3 is 5.97 Å². The highest BCUT2D eigenvalue weighted by atomic mass is 19.1. The van der Waals surface area contributed by atoms with Crippen LogP contribution in [0, 0.1) is 12.7 Å². The van der Waals surface area contributed by atoms with E-state index in [0.29, 0.717) is 25.2 Å². The summed E-state index contributed by atoms with van der Waals surface area (Å²) in [4.78, 5) is 24.3. The maximum atomic E-state index is 12.8. The molecule has 0 unspecified atom stereocenters. The van der Waals surface area contributed by atoms with Gasteiger partial charge in [-0.1, -0.05) is 48.5 Å². The van der Waals surface area contributed by atoms with E-state index in [1.807, 2.05) is 32.0 Å². The first-order valence-corrected chi connectivity index (χ1v) is 16.8. The van der Waals surface area contributed by atoms with Crippen LogP contribution in [0.2, 0.25) is 0 Å². The second-order valence-electron chi connectivity index (χ2n) is 13.6. The number of carboxylic acid groups (broad SMARTS) is 1. The van der Waals surface area contributed by atoms with Crippen molar-refractivity contribution < 1.29 is 33.3 Å². The van der Waals surface area contributed by atoms with Gasteiger partial charge in [-0.15, -0.1) is 0 Å². The Morgan fingerprint density at radius 2 is 1.47 bits per heavy atom. The molecule has 262 valence electrons. The summed E-state index contributed by atoms with van der Waals surface area (Å²) in [6.07, 6.45) is 0.583. The van der Waals surface area contributed by atoms with Crippen molar-refractivity contribution in [1.29, 1.82) is 0 Å². The van der Waals surface area contributed by atoms with Crippen LogP contribution >= 0.6 is 0 Å². The molecule has 49 heavy (non-hydrogen) atoms. The monoisotopic (exact) mass is 672 g/mol. The number of halogens is 1. The van der Waals surface area contributed by atoms with Gasteiger partial charge < -0.3 is 25.1 Å². The van der Waals surface area contributed by atoms with Crippen molar-refractivity contribution in [2.45, 2.75) is 79.1 Å². The SMILES string of the molecule is CCOc1cc(CN2CC(C)(C)OC(C)(C)C2)cc(OCC)c1-c1cccc2c(CCC(=O)O)cccc12.Cc1cccc(F)c1C(N)=O. The van der Waals surface area contributed by atoms with Crippen LogP contribution in [0.5, 0.6) is 11.5 Å². The van der Waals surface area contributed by atoms with Crippen LogP contribution in [-0.2, 0) is 22.5 Å². The van der Waals surface area contributed by atoms with Gasteiger partial charge in [-0.2, -0.15) is 0 Å². The van der Waals surface area contributed by atoms with Crippen LogP contribution in [0.15, 0.2) is 66.7 Å². The zero-order chi connectivity index (χ0) is 35.9. The fourth-order valence-electron chi connectivity index (χ4n) is 6.85. The van der Waals surface area contributed by atoms with Gasteiger partial charge in [-0.05, 0) is 106 Å². The van der Waals surface area contributed by atoms with Crippen molar-refractivity contribution in [3.63, 3.8) is 0 Å². The van der Waals surface area contributed by atoms with Gasteiger partial charge in [0.15, 0.2) is 0 Å². The molecule has 1 saturated heterocycles. The second kappa shape index (κ2) is 15.8. The molecule has 1 fully saturated rings. The Hall–Kier alpha value is -4.47. The third-order valence-corrected chi connectivity index (χ3v) is 8.25. The van der Waals surface area contributed by atoms with Crippen LogP contribution in [0.4, 0.5) is 4.39 Å². The molecular formula is C40H49FN2O6. The van der Waals surface area contributed by atoms with E-state index in [1.54, 1.807) is 13.0 Å². The molecule has 0 bridgehead atoms. The Bertz CT molecular complexity index is 1740. The van der Waals surface area contributed by atoms with Crippen LogP contribution in [0.25, 0.3) is 21.9 Å². The average molecular weight is 673 g/mol. The number of carbonyl (C=O) groups is 2. The first-order chi connectivity index (χ1) is 23.1. The molecule has 0 atom stereocenters. The van der Waals surface area contributed by atoms with Crippen molar-refractivity contribution in [3.8, 4) is 22.6 Å². The molecule has 8 nitrogen and oxygen atoms in total. The lowest BCUT2D eigenvalue weighted by Gasteiger charge is -2.47. The number of ether oxygens (including phenoxy) is 3. The van der Waals surface area contributed by atoms with E-state index in [4.69, 9.17) is 19.9 Å². The summed E-state index contributed by atoms with van der Waals surface area (Å²) in [5, 5.41) is 11.3. The molecule has 0 aromatic heterocycles. The van der Waals surface area contributed by atoms with Gasteiger partial charge in [0.1, 0.15) is 17.3 Å². The van der Waals surface area contributed by atoms with E-state index < -0.39 is 17.7 Å². The standard InChI is InChI=1S/C32H41NO5.C8H8FNO/c1-7-36-27-17-22(19-33-20-31(3,4)38-32(5,6)21-33)18-28(37-8-2)30(27)26-14-10-12-24-23(15-16-29(34)35)11-9-13-25(24)26;1-5-3-2-4-6(9)7(5)8(10)11/h9-14,17-18H,7-8,15-16,19-21H2,1-6H3,(H,34,35);2-4H,1H3,(H2,10,11). The van der Waals surface area contributed by atoms with Crippen LogP contribution in [-0.4, -0.2) is 59.4 Å². The third kappa shape index (κ3) is 9.58. The molecule has 1 aliphatic heterocycles. The molecule has 4 aromatic carbocycles. The van der Waals surface area contributed by atoms with Crippen LogP contribution in [0.3, 0.4) is 0 Å². The zero-order valence-electron chi connectivity index (χ0n) is 29.7. The van der Waals surface area contributed by atoms with Crippen LogP contribution < -0.4 is 15.2 Å². The summed E-state index contributed by atoms with van der Waals surface area (Å²) in [5.74, 6) is -0.483. The number of fused-ring (bicyclic) bond motifs is 1. The van der Waals surface area contributed by atoms with Crippen molar-refractivity contribution in [2.24, 2.45) is 5.73 Å². The Balaban J connectivity index is 0.000000418. The third-order valence-electron chi connectivity index (χ3n) is 8.25. The van der Waals surface area contributed by atoms with E-state index in [1.165, 1.54) is 12.1 Å². The minimum atomic E-state index is -0.793. The number of benzene rings is 4. The van der Waals surface area contributed by atoms with Crippen molar-refractivity contribution in [1.82, 2.24) is 4.90 Å². The predicted octanol–water partition coefficient (Wildman–Crippen LogP) is 7.94. The lowest BCUT2D eigenvalue weighted by atomic mass is 9.92. The molecule has 0 radical (unpaired) electrons. The second-order valence-corrected chi connectivity index (χ2v) is 13.6. The highest BCUT2D eigenvalue weighted by Crippen LogP contribution is 2.44. The number of carbonyl (C=O) groups excluding carboxylic acids is 1. The van der Waals surface area contributed by atoms with Crippen molar-refractivity contribution >= 4 is 22.6 Å². The zero-order valence-corrected chi connectivity index (χ0v) is 29.7. The molecule has 1 heterocycles. The lowest BCUT2D eigenvalue weighted by Crippen LogP contribution is -2.56. The topological polar surface area (TPSA) is 111 Å². The Morgan fingerprint density at radius 1 is 0.898 bits per heavy atom. The van der Waals surface area contributed by atoms with E-state index in [9.17, 15) is 19.1 Å². The molecule has 1 amide bonds. The van der Waals surface area contributed by atoms with Gasteiger partial charge in [0.2, 0.25) is 0 Å². The van der Waals surface area contributed by atoms with Gasteiger partial charge in [0.25, 0.3) is 5.91 Å². The smallest absolute Gasteiger partial charge is 0.303 e. The molecule has 9 heteroatoms. The summed E-state index contributed by atoms with van der Waals surface area (Å²) >= 11 is 0. The molecule has 4 aromatic rings. The van der Waals surface area contributed by atoms with E-state index in [2.05, 4.69) is 62.9 Å². The number of rotatable bonds is 11. The molecule has 0 saturated carbocycles. The number of nitrogens with zero attached hydrogens (tertiary/aromatic N) is 1. The van der Waals surface area contributed by atoms with Crippen LogP contribution in [0.1, 0.15) is 75.0 Å². The normalized spacial score (nSPS) is 15.3. The van der Waals surface area contributed by atoms with Crippen molar-refractivity contribution in [2.75, 3.05) is 26.3 Å². The number of hydrogen-bond donors (Lipinski definition) is 2. The summed E-state index contributed by atoms with van der Waals surface area (Å²) in [6.45, 7) is 17.7. The largest absolute Gasteiger partial charge is 0.493 e. The summed E-state index contributed by atoms with van der Waals surface area (Å²) in [5.41, 5.74) is 9.14. The number of amides is 1. The quantitative estimate of drug-likeness (QED) is 0.166. The summed E-state index contributed by atoms with van der Waals surface area (Å²) in [7, 11) is 0.